The van der Waals surface area contributed by atoms with E-state index in [-0.39, 0.29) is 10.4 Å². The molecule has 0 aliphatic heterocycles. The molecule has 0 saturated carbocycles. The minimum absolute atomic E-state index is 0.0140. The highest BCUT2D eigenvalue weighted by atomic mass is 32.2. The predicted octanol–water partition coefficient (Wildman–Crippen LogP) is 4.60. The Labute approximate surface area is 172 Å². The Balaban J connectivity index is 2.18. The second-order valence-electron chi connectivity index (χ2n) is 7.80. The molecule has 3 aromatic rings. The molecular formula is C21H23FN2O3S2. The van der Waals surface area contributed by atoms with Crippen LogP contribution in [0.1, 0.15) is 39.0 Å². The number of fused-ring (bicyclic) bond motifs is 1. The van der Waals surface area contributed by atoms with Crippen LogP contribution in [0.25, 0.3) is 10.9 Å². The first-order valence-electron chi connectivity index (χ1n) is 9.03. The quantitative estimate of drug-likeness (QED) is 0.564. The molecule has 0 amide bonds. The molecule has 0 unspecified atom stereocenters. The lowest BCUT2D eigenvalue weighted by atomic mass is 10.1. The lowest BCUT2D eigenvalue weighted by molar-refractivity contribution is 0.585. The summed E-state index contributed by atoms with van der Waals surface area (Å²) < 4.78 is 58.2. The summed E-state index contributed by atoms with van der Waals surface area (Å²) in [5.41, 5.74) is 1.27. The second-order valence-corrected chi connectivity index (χ2v) is 11.5. The Hall–Kier alpha value is -2.32. The molecule has 0 saturated heterocycles. The largest absolute Gasteiger partial charge is 0.268 e. The summed E-state index contributed by atoms with van der Waals surface area (Å²) in [6, 6.07) is 12.4. The fourth-order valence-corrected chi connectivity index (χ4v) is 5.14. The van der Waals surface area contributed by atoms with Gasteiger partial charge in [-0.25, -0.2) is 21.0 Å². The van der Waals surface area contributed by atoms with E-state index in [1.807, 2.05) is 20.8 Å². The zero-order valence-corrected chi connectivity index (χ0v) is 18.6. The third kappa shape index (κ3) is 4.04. The van der Waals surface area contributed by atoms with E-state index in [4.69, 9.17) is 0 Å². The van der Waals surface area contributed by atoms with Gasteiger partial charge in [0, 0.05) is 16.6 Å². The van der Waals surface area contributed by atoms with E-state index in [9.17, 15) is 12.6 Å². The average Bonchev–Trinajstić information content (AvgIpc) is 2.98. The van der Waals surface area contributed by atoms with E-state index < -0.39 is 31.6 Å². The summed E-state index contributed by atoms with van der Waals surface area (Å²) in [4.78, 5) is 0.0855. The van der Waals surface area contributed by atoms with Crippen molar-refractivity contribution in [1.82, 2.24) is 3.97 Å². The van der Waals surface area contributed by atoms with E-state index in [1.54, 1.807) is 44.2 Å². The van der Waals surface area contributed by atoms with Gasteiger partial charge in [-0.1, -0.05) is 18.2 Å². The van der Waals surface area contributed by atoms with Crippen LogP contribution in [0.3, 0.4) is 0 Å². The lowest BCUT2D eigenvalue weighted by Crippen LogP contribution is -2.20. The Bertz CT molecular complexity index is 1240. The molecule has 0 aliphatic carbocycles. The molecule has 5 nitrogen and oxygen atoms in total. The summed E-state index contributed by atoms with van der Waals surface area (Å²) >= 11 is 0. The number of nitrogens with zero attached hydrogens (tertiary/aromatic N) is 2. The van der Waals surface area contributed by atoms with Crippen LogP contribution in [0.2, 0.25) is 0 Å². The van der Waals surface area contributed by atoms with Gasteiger partial charge < -0.3 is 0 Å². The molecule has 1 heterocycles. The molecule has 0 aliphatic rings. The normalized spacial score (nSPS) is 14.3. The Morgan fingerprint density at radius 2 is 1.72 bits per heavy atom. The van der Waals surface area contributed by atoms with Crippen LogP contribution >= 0.6 is 0 Å². The van der Waals surface area contributed by atoms with Crippen LogP contribution < -0.4 is 0 Å². The molecule has 0 spiro atoms. The van der Waals surface area contributed by atoms with Gasteiger partial charge in [0.2, 0.25) is 0 Å². The molecule has 2 aromatic carbocycles. The van der Waals surface area contributed by atoms with Gasteiger partial charge in [-0.3, -0.25) is 0 Å². The van der Waals surface area contributed by atoms with E-state index in [0.29, 0.717) is 22.4 Å². The molecule has 0 radical (unpaired) electrons. The van der Waals surface area contributed by atoms with Gasteiger partial charge in [0.25, 0.3) is 10.0 Å². The zero-order valence-electron chi connectivity index (χ0n) is 16.9. The molecule has 3 rings (SSSR count). The minimum atomic E-state index is -3.95. The highest BCUT2D eigenvalue weighted by Gasteiger charge is 2.24. The highest BCUT2D eigenvalue weighted by Crippen LogP contribution is 2.29. The van der Waals surface area contributed by atoms with Gasteiger partial charge in [-0.05, 0) is 65.0 Å². The molecule has 29 heavy (non-hydrogen) atoms. The van der Waals surface area contributed by atoms with E-state index in [2.05, 4.69) is 4.40 Å². The first-order valence-corrected chi connectivity index (χ1v) is 11.6. The molecule has 0 fully saturated rings. The SMILES string of the molecule is CC(=N[S@@](=O)C(C)(C)C)c1cc(F)c2c(c1)cc(C)n2S(=O)(=O)c1ccccc1. The minimum Gasteiger partial charge on any atom is -0.235 e. The van der Waals surface area contributed by atoms with Crippen LogP contribution in [0.4, 0.5) is 4.39 Å². The van der Waals surface area contributed by atoms with Gasteiger partial charge in [-0.15, -0.1) is 0 Å². The molecule has 8 heteroatoms. The highest BCUT2D eigenvalue weighted by molar-refractivity contribution is 7.90. The topological polar surface area (TPSA) is 68.5 Å². The summed E-state index contributed by atoms with van der Waals surface area (Å²) in [6.45, 7) is 8.70. The number of hydrogen-bond acceptors (Lipinski definition) is 3. The average molecular weight is 435 g/mol. The van der Waals surface area contributed by atoms with Crippen molar-refractivity contribution in [1.29, 1.82) is 0 Å². The van der Waals surface area contributed by atoms with Gasteiger partial charge in [0.15, 0.2) is 0 Å². The van der Waals surface area contributed by atoms with Gasteiger partial charge in [0.1, 0.15) is 22.3 Å². The Kier molecular flexibility index (Phi) is 5.53. The summed E-state index contributed by atoms with van der Waals surface area (Å²) in [6.07, 6.45) is 0. The van der Waals surface area contributed by atoms with Crippen molar-refractivity contribution in [3.8, 4) is 0 Å². The van der Waals surface area contributed by atoms with Crippen molar-refractivity contribution in [2.45, 2.75) is 44.3 Å². The number of halogens is 1. The third-order valence-corrected chi connectivity index (χ3v) is 7.73. The summed E-state index contributed by atoms with van der Waals surface area (Å²) in [7, 11) is -5.43. The number of benzene rings is 2. The molecule has 0 N–H and O–H groups in total. The van der Waals surface area contributed by atoms with Crippen molar-refractivity contribution in [2.24, 2.45) is 4.40 Å². The maximum Gasteiger partial charge on any atom is 0.268 e. The van der Waals surface area contributed by atoms with Crippen molar-refractivity contribution in [2.75, 3.05) is 0 Å². The predicted molar refractivity (Wildman–Crippen MR) is 116 cm³/mol. The van der Waals surface area contributed by atoms with Crippen molar-refractivity contribution >= 4 is 37.6 Å². The number of aromatic nitrogens is 1. The van der Waals surface area contributed by atoms with Gasteiger partial charge >= 0.3 is 0 Å². The van der Waals surface area contributed by atoms with Crippen LogP contribution in [-0.4, -0.2) is 27.1 Å². The summed E-state index contributed by atoms with van der Waals surface area (Å²) in [5.74, 6) is -0.679. The van der Waals surface area contributed by atoms with Crippen LogP contribution in [-0.2, 0) is 21.0 Å². The molecular weight excluding hydrogens is 411 g/mol. The first-order chi connectivity index (χ1) is 13.4. The number of hydrogen-bond donors (Lipinski definition) is 0. The standard InChI is InChI=1S/C21H23FN2O3S2/c1-14-11-17-12-16(15(2)23-28(25)21(3,4)5)13-19(22)20(17)24(14)29(26,27)18-9-7-6-8-10-18/h6-13H,1-5H3/t28-/m0/s1. The maximum atomic E-state index is 15.1. The smallest absolute Gasteiger partial charge is 0.235 e. The fraction of sp³-hybridized carbons (Fsp3) is 0.286. The van der Waals surface area contributed by atoms with Crippen molar-refractivity contribution < 1.29 is 17.0 Å². The maximum absolute atomic E-state index is 15.1. The summed E-state index contributed by atoms with van der Waals surface area (Å²) in [5, 5.41) is 0.438. The molecule has 0 bridgehead atoms. The van der Waals surface area contributed by atoms with Gasteiger partial charge in [0.05, 0.1) is 15.4 Å². The fourth-order valence-electron chi connectivity index (χ4n) is 2.94. The Morgan fingerprint density at radius 3 is 2.31 bits per heavy atom. The van der Waals surface area contributed by atoms with Crippen LogP contribution in [0.5, 0.6) is 0 Å². The number of aryl methyl sites for hydroxylation is 1. The number of rotatable bonds is 4. The second kappa shape index (κ2) is 7.50. The van der Waals surface area contributed by atoms with E-state index >= 15 is 4.39 Å². The lowest BCUT2D eigenvalue weighted by Gasteiger charge is -2.14. The molecule has 154 valence electrons. The first kappa shape index (κ1) is 21.4. The van der Waals surface area contributed by atoms with Crippen molar-refractivity contribution in [3.05, 3.63) is 65.6 Å². The zero-order chi connectivity index (χ0) is 21.6. The van der Waals surface area contributed by atoms with Crippen LogP contribution in [0.15, 0.2) is 57.8 Å². The van der Waals surface area contributed by atoms with Crippen LogP contribution in [0, 0.1) is 12.7 Å². The van der Waals surface area contributed by atoms with Crippen molar-refractivity contribution in [3.63, 3.8) is 0 Å². The molecule has 1 aromatic heterocycles. The van der Waals surface area contributed by atoms with E-state index in [0.717, 1.165) is 3.97 Å². The third-order valence-electron chi connectivity index (χ3n) is 4.42. The monoisotopic (exact) mass is 434 g/mol. The van der Waals surface area contributed by atoms with E-state index in [1.165, 1.54) is 18.2 Å². The van der Waals surface area contributed by atoms with Gasteiger partial charge in [-0.2, -0.15) is 4.40 Å². The molecule has 1 atom stereocenters. The Morgan fingerprint density at radius 1 is 1.10 bits per heavy atom.